The van der Waals surface area contributed by atoms with E-state index in [4.69, 9.17) is 8.92 Å². The first-order valence-electron chi connectivity index (χ1n) is 7.70. The van der Waals surface area contributed by atoms with Crippen molar-refractivity contribution >= 4 is 21.7 Å². The molecule has 3 rings (SSSR count). The zero-order valence-corrected chi connectivity index (χ0v) is 15.5. The number of esters is 1. The summed E-state index contributed by atoms with van der Waals surface area (Å²) >= 11 is 0. The molecule has 1 aromatic carbocycles. The summed E-state index contributed by atoms with van der Waals surface area (Å²) < 4.78 is 36.9. The minimum atomic E-state index is -4.39. The fraction of sp³-hybridized carbons (Fsp3) is 0.235. The Labute approximate surface area is 150 Å². The van der Waals surface area contributed by atoms with Gasteiger partial charge in [-0.05, 0) is 38.5 Å². The van der Waals surface area contributed by atoms with Crippen LogP contribution in [0.1, 0.15) is 27.3 Å². The van der Waals surface area contributed by atoms with Crippen molar-refractivity contribution in [1.29, 1.82) is 0 Å². The van der Waals surface area contributed by atoms with Crippen LogP contribution in [-0.2, 0) is 14.9 Å². The number of methoxy groups -OCH3 is 1. The minimum Gasteiger partial charge on any atom is -0.465 e. The van der Waals surface area contributed by atoms with Crippen molar-refractivity contribution in [2.24, 2.45) is 0 Å². The highest BCUT2D eigenvalue weighted by Gasteiger charge is 2.33. The van der Waals surface area contributed by atoms with Crippen molar-refractivity contribution in [3.05, 3.63) is 52.8 Å². The molecule has 0 saturated carbocycles. The Hall–Kier alpha value is -2.94. The monoisotopic (exact) mass is 375 g/mol. The van der Waals surface area contributed by atoms with Gasteiger partial charge in [0, 0.05) is 11.4 Å². The maximum Gasteiger partial charge on any atom is 0.359 e. The highest BCUT2D eigenvalue weighted by atomic mass is 32.2. The number of aromatic nitrogens is 3. The molecular weight excluding hydrogens is 358 g/mol. The Balaban J connectivity index is 2.25. The third kappa shape index (κ3) is 3.01. The number of fused-ring (bicyclic) bond motifs is 1. The second-order valence-corrected chi connectivity index (χ2v) is 7.21. The van der Waals surface area contributed by atoms with E-state index in [9.17, 15) is 13.2 Å². The molecule has 0 N–H and O–H groups in total. The van der Waals surface area contributed by atoms with E-state index in [1.54, 1.807) is 45.0 Å². The van der Waals surface area contributed by atoms with Crippen molar-refractivity contribution < 1.29 is 22.1 Å². The SMILES string of the molecule is COC(=O)c1c(S(=O)(=O)Oc2ccccc2C)nn2c(C)cc(C)nc12. The lowest BCUT2D eigenvalue weighted by Crippen LogP contribution is -2.15. The highest BCUT2D eigenvalue weighted by molar-refractivity contribution is 7.87. The molecule has 0 aliphatic rings. The molecular formula is C17H17N3O5S. The molecule has 3 aromatic rings. The fourth-order valence-corrected chi connectivity index (χ4v) is 3.67. The van der Waals surface area contributed by atoms with Crippen LogP contribution in [0, 0.1) is 20.8 Å². The van der Waals surface area contributed by atoms with E-state index in [-0.39, 0.29) is 17.0 Å². The van der Waals surface area contributed by atoms with Crippen molar-refractivity contribution in [1.82, 2.24) is 14.6 Å². The van der Waals surface area contributed by atoms with Crippen molar-refractivity contribution in [2.75, 3.05) is 7.11 Å². The average Bonchev–Trinajstić information content (AvgIpc) is 2.96. The summed E-state index contributed by atoms with van der Waals surface area (Å²) in [7, 11) is -3.23. The van der Waals surface area contributed by atoms with Crippen LogP contribution in [0.5, 0.6) is 5.75 Å². The van der Waals surface area contributed by atoms with Gasteiger partial charge in [0.25, 0.3) is 0 Å². The van der Waals surface area contributed by atoms with Crippen LogP contribution in [0.2, 0.25) is 0 Å². The Bertz CT molecular complexity index is 1120. The first-order valence-corrected chi connectivity index (χ1v) is 9.11. The van der Waals surface area contributed by atoms with E-state index in [1.807, 2.05) is 0 Å². The zero-order chi connectivity index (χ0) is 19.1. The molecule has 2 aromatic heterocycles. The molecule has 26 heavy (non-hydrogen) atoms. The van der Waals surface area contributed by atoms with Crippen LogP contribution in [0.3, 0.4) is 0 Å². The van der Waals surface area contributed by atoms with Crippen molar-refractivity contribution in [3.8, 4) is 5.75 Å². The summed E-state index contributed by atoms with van der Waals surface area (Å²) in [6, 6.07) is 8.37. The fourth-order valence-electron chi connectivity index (χ4n) is 2.56. The Morgan fingerprint density at radius 3 is 2.50 bits per heavy atom. The summed E-state index contributed by atoms with van der Waals surface area (Å²) in [6.07, 6.45) is 0. The highest BCUT2D eigenvalue weighted by Crippen LogP contribution is 2.26. The number of carbonyl (C=O) groups is 1. The van der Waals surface area contributed by atoms with E-state index in [1.165, 1.54) is 10.6 Å². The molecule has 0 radical (unpaired) electrons. The topological polar surface area (TPSA) is 99.9 Å². The molecule has 0 aliphatic heterocycles. The predicted molar refractivity (Wildman–Crippen MR) is 92.8 cm³/mol. The van der Waals surface area contributed by atoms with Crippen LogP contribution in [0.4, 0.5) is 0 Å². The van der Waals surface area contributed by atoms with Gasteiger partial charge >= 0.3 is 16.1 Å². The summed E-state index contributed by atoms with van der Waals surface area (Å²) in [5.74, 6) is -0.703. The van der Waals surface area contributed by atoms with Gasteiger partial charge in [0.2, 0.25) is 5.03 Å². The molecule has 0 saturated heterocycles. The number of rotatable bonds is 4. The lowest BCUT2D eigenvalue weighted by Gasteiger charge is -2.08. The number of hydrogen-bond donors (Lipinski definition) is 0. The van der Waals surface area contributed by atoms with Gasteiger partial charge in [-0.15, -0.1) is 5.10 Å². The van der Waals surface area contributed by atoms with Gasteiger partial charge in [-0.3, -0.25) is 0 Å². The van der Waals surface area contributed by atoms with Gasteiger partial charge in [-0.1, -0.05) is 18.2 Å². The van der Waals surface area contributed by atoms with Gasteiger partial charge < -0.3 is 8.92 Å². The molecule has 0 bridgehead atoms. The molecule has 0 amide bonds. The van der Waals surface area contributed by atoms with Gasteiger partial charge in [-0.25, -0.2) is 14.3 Å². The number of hydrogen-bond acceptors (Lipinski definition) is 7. The average molecular weight is 375 g/mol. The lowest BCUT2D eigenvalue weighted by molar-refractivity contribution is 0.0598. The smallest absolute Gasteiger partial charge is 0.359 e. The van der Waals surface area contributed by atoms with Crippen LogP contribution in [-0.4, -0.2) is 36.1 Å². The maximum absolute atomic E-state index is 12.8. The third-order valence-corrected chi connectivity index (χ3v) is 4.94. The van der Waals surface area contributed by atoms with Gasteiger partial charge in [0.1, 0.15) is 11.3 Å². The number of para-hydroxylation sites is 1. The van der Waals surface area contributed by atoms with Crippen LogP contribution in [0.25, 0.3) is 5.65 Å². The summed E-state index contributed by atoms with van der Waals surface area (Å²) in [5, 5.41) is 3.53. The largest absolute Gasteiger partial charge is 0.465 e. The Morgan fingerprint density at radius 1 is 1.15 bits per heavy atom. The third-order valence-electron chi connectivity index (χ3n) is 3.78. The number of benzene rings is 1. The molecule has 0 spiro atoms. The van der Waals surface area contributed by atoms with E-state index in [0.29, 0.717) is 17.0 Å². The number of carbonyl (C=O) groups excluding carboxylic acids is 1. The Morgan fingerprint density at radius 2 is 1.85 bits per heavy atom. The molecule has 2 heterocycles. The number of ether oxygens (including phenoxy) is 1. The van der Waals surface area contributed by atoms with Crippen LogP contribution < -0.4 is 4.18 Å². The molecule has 0 unspecified atom stereocenters. The molecule has 8 nitrogen and oxygen atoms in total. The standard InChI is InChI=1S/C17H17N3O5S/c1-10-7-5-6-8-13(10)25-26(22,23)16-14(17(21)24-4)15-18-11(2)9-12(3)20(15)19-16/h5-9H,1-4H3. The predicted octanol–water partition coefficient (Wildman–Crippen LogP) is 2.21. The summed E-state index contributed by atoms with van der Waals surface area (Å²) in [5.41, 5.74) is 1.71. The van der Waals surface area contributed by atoms with E-state index in [0.717, 1.165) is 7.11 Å². The Kier molecular flexibility index (Phi) is 4.41. The maximum atomic E-state index is 12.8. The van der Waals surface area contributed by atoms with E-state index < -0.39 is 21.1 Å². The second kappa shape index (κ2) is 6.41. The van der Waals surface area contributed by atoms with Gasteiger partial charge in [0.05, 0.1) is 7.11 Å². The van der Waals surface area contributed by atoms with Gasteiger partial charge in [0.15, 0.2) is 5.65 Å². The quantitative estimate of drug-likeness (QED) is 0.509. The molecule has 136 valence electrons. The number of aryl methyl sites for hydroxylation is 3. The number of nitrogens with zero attached hydrogens (tertiary/aromatic N) is 3. The molecule has 9 heteroatoms. The minimum absolute atomic E-state index is 0.0984. The normalized spacial score (nSPS) is 11.5. The van der Waals surface area contributed by atoms with E-state index in [2.05, 4.69) is 10.1 Å². The first kappa shape index (κ1) is 17.9. The first-order chi connectivity index (χ1) is 12.2. The second-order valence-electron chi connectivity index (χ2n) is 5.75. The summed E-state index contributed by atoms with van der Waals surface area (Å²) in [6.45, 7) is 5.18. The van der Waals surface area contributed by atoms with Crippen molar-refractivity contribution in [3.63, 3.8) is 0 Å². The van der Waals surface area contributed by atoms with Gasteiger partial charge in [-0.2, -0.15) is 8.42 Å². The van der Waals surface area contributed by atoms with Crippen molar-refractivity contribution in [2.45, 2.75) is 25.8 Å². The molecule has 0 fully saturated rings. The lowest BCUT2D eigenvalue weighted by atomic mass is 10.2. The summed E-state index contributed by atoms with van der Waals surface area (Å²) in [4.78, 5) is 16.5. The zero-order valence-electron chi connectivity index (χ0n) is 14.7. The van der Waals surface area contributed by atoms with Crippen LogP contribution >= 0.6 is 0 Å². The van der Waals surface area contributed by atoms with Crippen LogP contribution in [0.15, 0.2) is 35.4 Å². The molecule has 0 aliphatic carbocycles. The molecule has 0 atom stereocenters. The van der Waals surface area contributed by atoms with E-state index >= 15 is 0 Å².